The molecule has 1 aliphatic heterocycles. The third kappa shape index (κ3) is 2.99. The fourth-order valence-corrected chi connectivity index (χ4v) is 3.09. The lowest BCUT2D eigenvalue weighted by Gasteiger charge is -2.42. The first-order chi connectivity index (χ1) is 9.43. The van der Waals surface area contributed by atoms with Crippen LogP contribution in [-0.2, 0) is 0 Å². The Balaban J connectivity index is 2.17. The molecule has 1 aromatic rings. The standard InChI is InChI=1S/C15H21BrN2O2/c1-10-8-18(9-11(2)17(10)3)15(19)12-5-6-14(20-4)13(16)7-12/h5-7,10-11H,8-9H2,1-4H3. The monoisotopic (exact) mass is 340 g/mol. The quantitative estimate of drug-likeness (QED) is 0.829. The van der Waals surface area contributed by atoms with Crippen LogP contribution in [0, 0.1) is 0 Å². The van der Waals surface area contributed by atoms with E-state index in [1.165, 1.54) is 0 Å². The zero-order chi connectivity index (χ0) is 14.9. The van der Waals surface area contributed by atoms with Crippen LogP contribution in [-0.4, -0.2) is 55.0 Å². The number of hydrogen-bond acceptors (Lipinski definition) is 3. The third-order valence-corrected chi connectivity index (χ3v) is 4.67. The van der Waals surface area contributed by atoms with Gasteiger partial charge in [-0.2, -0.15) is 0 Å². The Hall–Kier alpha value is -1.07. The van der Waals surface area contributed by atoms with Crippen LogP contribution in [0.15, 0.2) is 22.7 Å². The molecule has 2 rings (SSSR count). The summed E-state index contributed by atoms with van der Waals surface area (Å²) in [5, 5.41) is 0. The fourth-order valence-electron chi connectivity index (χ4n) is 2.55. The number of ether oxygens (including phenoxy) is 1. The van der Waals surface area contributed by atoms with Crippen LogP contribution in [0.2, 0.25) is 0 Å². The summed E-state index contributed by atoms with van der Waals surface area (Å²) in [6.45, 7) is 5.84. The van der Waals surface area contributed by atoms with Gasteiger partial charge in [0.05, 0.1) is 11.6 Å². The second kappa shape index (κ2) is 6.14. The van der Waals surface area contributed by atoms with Gasteiger partial charge in [-0.25, -0.2) is 0 Å². The zero-order valence-corrected chi connectivity index (χ0v) is 14.0. The van der Waals surface area contributed by atoms with Gasteiger partial charge in [0.1, 0.15) is 5.75 Å². The SMILES string of the molecule is COc1ccc(C(=O)N2CC(C)N(C)C(C)C2)cc1Br. The Bertz CT molecular complexity index is 495. The van der Waals surface area contributed by atoms with E-state index in [1.807, 2.05) is 23.1 Å². The summed E-state index contributed by atoms with van der Waals surface area (Å²) in [5.74, 6) is 0.821. The van der Waals surface area contributed by atoms with Gasteiger partial charge < -0.3 is 9.64 Å². The highest BCUT2D eigenvalue weighted by Crippen LogP contribution is 2.26. The Morgan fingerprint density at radius 2 is 1.90 bits per heavy atom. The number of halogens is 1. The molecule has 0 N–H and O–H groups in total. The van der Waals surface area contributed by atoms with E-state index in [2.05, 4.69) is 41.7 Å². The molecular weight excluding hydrogens is 320 g/mol. The summed E-state index contributed by atoms with van der Waals surface area (Å²) in [6, 6.07) is 6.23. The number of nitrogens with zero attached hydrogens (tertiary/aromatic N) is 2. The molecule has 110 valence electrons. The van der Waals surface area contributed by atoms with Crippen LogP contribution in [0.1, 0.15) is 24.2 Å². The summed E-state index contributed by atoms with van der Waals surface area (Å²) in [7, 11) is 3.73. The fraction of sp³-hybridized carbons (Fsp3) is 0.533. The summed E-state index contributed by atoms with van der Waals surface area (Å²) in [5.41, 5.74) is 0.696. The van der Waals surface area contributed by atoms with Crippen molar-refractivity contribution >= 4 is 21.8 Å². The number of carbonyl (C=O) groups excluding carboxylic acids is 1. The molecular formula is C15H21BrN2O2. The van der Waals surface area contributed by atoms with Crippen molar-refractivity contribution < 1.29 is 9.53 Å². The first-order valence-corrected chi connectivity index (χ1v) is 7.58. The number of piperazine rings is 1. The molecule has 0 radical (unpaired) electrons. The van der Waals surface area contributed by atoms with Crippen LogP contribution < -0.4 is 4.74 Å². The van der Waals surface area contributed by atoms with Gasteiger partial charge in [-0.05, 0) is 55.0 Å². The average molecular weight is 341 g/mol. The molecule has 0 saturated carbocycles. The van der Waals surface area contributed by atoms with E-state index in [9.17, 15) is 4.79 Å². The molecule has 1 fully saturated rings. The number of amides is 1. The van der Waals surface area contributed by atoms with Gasteiger partial charge in [-0.15, -0.1) is 0 Å². The van der Waals surface area contributed by atoms with E-state index in [4.69, 9.17) is 4.74 Å². The van der Waals surface area contributed by atoms with Crippen molar-refractivity contribution in [2.24, 2.45) is 0 Å². The lowest BCUT2D eigenvalue weighted by molar-refractivity contribution is 0.0414. The maximum Gasteiger partial charge on any atom is 0.254 e. The van der Waals surface area contributed by atoms with E-state index >= 15 is 0 Å². The van der Waals surface area contributed by atoms with E-state index in [0.29, 0.717) is 17.6 Å². The minimum absolute atomic E-state index is 0.0835. The molecule has 2 unspecified atom stereocenters. The Morgan fingerprint density at radius 3 is 2.40 bits per heavy atom. The molecule has 1 amide bonds. The van der Waals surface area contributed by atoms with Crippen molar-refractivity contribution in [3.05, 3.63) is 28.2 Å². The Kier molecular flexibility index (Phi) is 4.70. The van der Waals surface area contributed by atoms with E-state index in [-0.39, 0.29) is 5.91 Å². The normalized spacial score (nSPS) is 23.8. The molecule has 1 aliphatic rings. The number of carbonyl (C=O) groups is 1. The predicted molar refractivity (Wildman–Crippen MR) is 83.3 cm³/mol. The first kappa shape index (κ1) is 15.3. The molecule has 5 heteroatoms. The second-order valence-corrected chi connectivity index (χ2v) is 6.28. The second-order valence-electron chi connectivity index (χ2n) is 5.42. The van der Waals surface area contributed by atoms with Crippen molar-refractivity contribution in [2.75, 3.05) is 27.2 Å². The summed E-state index contributed by atoms with van der Waals surface area (Å²) in [4.78, 5) is 16.8. The highest BCUT2D eigenvalue weighted by atomic mass is 79.9. The van der Waals surface area contributed by atoms with E-state index in [0.717, 1.165) is 23.3 Å². The number of methoxy groups -OCH3 is 1. The molecule has 1 heterocycles. The van der Waals surface area contributed by atoms with Crippen LogP contribution in [0.25, 0.3) is 0 Å². The Morgan fingerprint density at radius 1 is 1.30 bits per heavy atom. The topological polar surface area (TPSA) is 32.8 Å². The molecule has 0 spiro atoms. The number of rotatable bonds is 2. The molecule has 4 nitrogen and oxygen atoms in total. The minimum Gasteiger partial charge on any atom is -0.496 e. The van der Waals surface area contributed by atoms with Gasteiger partial charge in [0.25, 0.3) is 5.91 Å². The molecule has 0 bridgehead atoms. The maximum absolute atomic E-state index is 12.6. The van der Waals surface area contributed by atoms with Crippen LogP contribution in [0.5, 0.6) is 5.75 Å². The first-order valence-electron chi connectivity index (χ1n) is 6.78. The third-order valence-electron chi connectivity index (χ3n) is 4.05. The number of benzene rings is 1. The highest BCUT2D eigenvalue weighted by Gasteiger charge is 2.29. The molecule has 1 aromatic carbocycles. The van der Waals surface area contributed by atoms with Crippen molar-refractivity contribution in [3.8, 4) is 5.75 Å². The lowest BCUT2D eigenvalue weighted by Crippen LogP contribution is -2.56. The van der Waals surface area contributed by atoms with Crippen LogP contribution in [0.4, 0.5) is 0 Å². The van der Waals surface area contributed by atoms with E-state index < -0.39 is 0 Å². The highest BCUT2D eigenvalue weighted by molar-refractivity contribution is 9.10. The molecule has 0 aliphatic carbocycles. The smallest absolute Gasteiger partial charge is 0.254 e. The molecule has 20 heavy (non-hydrogen) atoms. The van der Waals surface area contributed by atoms with E-state index in [1.54, 1.807) is 7.11 Å². The van der Waals surface area contributed by atoms with Crippen molar-refractivity contribution in [2.45, 2.75) is 25.9 Å². The molecule has 0 aromatic heterocycles. The predicted octanol–water partition coefficient (Wildman–Crippen LogP) is 2.62. The van der Waals surface area contributed by atoms with Crippen molar-refractivity contribution in [3.63, 3.8) is 0 Å². The molecule has 2 atom stereocenters. The van der Waals surface area contributed by atoms with Crippen molar-refractivity contribution in [1.29, 1.82) is 0 Å². The Labute approximate surface area is 128 Å². The van der Waals surface area contributed by atoms with Gasteiger partial charge in [0, 0.05) is 30.7 Å². The minimum atomic E-state index is 0.0835. The molecule has 1 saturated heterocycles. The summed E-state index contributed by atoms with van der Waals surface area (Å²) < 4.78 is 6.00. The summed E-state index contributed by atoms with van der Waals surface area (Å²) in [6.07, 6.45) is 0. The largest absolute Gasteiger partial charge is 0.496 e. The van der Waals surface area contributed by atoms with Crippen LogP contribution in [0.3, 0.4) is 0 Å². The van der Waals surface area contributed by atoms with Crippen LogP contribution >= 0.6 is 15.9 Å². The lowest BCUT2D eigenvalue weighted by atomic mass is 10.1. The van der Waals surface area contributed by atoms with Gasteiger partial charge in [-0.3, -0.25) is 9.69 Å². The van der Waals surface area contributed by atoms with Crippen molar-refractivity contribution in [1.82, 2.24) is 9.80 Å². The number of hydrogen-bond donors (Lipinski definition) is 0. The number of likely N-dealkylation sites (N-methyl/N-ethyl adjacent to an activating group) is 1. The average Bonchev–Trinajstić information content (AvgIpc) is 2.43. The summed E-state index contributed by atoms with van der Waals surface area (Å²) >= 11 is 3.43. The van der Waals surface area contributed by atoms with Gasteiger partial charge in [0.2, 0.25) is 0 Å². The maximum atomic E-state index is 12.6. The zero-order valence-electron chi connectivity index (χ0n) is 12.4. The van der Waals surface area contributed by atoms with Gasteiger partial charge >= 0.3 is 0 Å². The van der Waals surface area contributed by atoms with Gasteiger partial charge in [-0.1, -0.05) is 0 Å². The van der Waals surface area contributed by atoms with Gasteiger partial charge in [0.15, 0.2) is 0 Å².